The molecule has 0 spiro atoms. The van der Waals surface area contributed by atoms with Gasteiger partial charge < -0.3 is 10.1 Å². The number of nitrogens with zero attached hydrogens (tertiary/aromatic N) is 1. The molecule has 24 heavy (non-hydrogen) atoms. The van der Waals surface area contributed by atoms with Gasteiger partial charge in [0.2, 0.25) is 10.0 Å². The van der Waals surface area contributed by atoms with Gasteiger partial charge in [0.05, 0.1) is 17.7 Å². The van der Waals surface area contributed by atoms with Crippen LogP contribution in [0.3, 0.4) is 0 Å². The third-order valence-electron chi connectivity index (χ3n) is 4.23. The Kier molecular flexibility index (Phi) is 6.17. The van der Waals surface area contributed by atoms with Crippen molar-refractivity contribution in [3.8, 4) is 0 Å². The number of halogens is 1. The monoisotopic (exact) mass is 371 g/mol. The van der Waals surface area contributed by atoms with E-state index < -0.39 is 10.0 Å². The summed E-state index contributed by atoms with van der Waals surface area (Å²) >= 11 is 0. The van der Waals surface area contributed by atoms with Crippen LogP contribution in [0.15, 0.2) is 41.4 Å². The van der Waals surface area contributed by atoms with Crippen molar-refractivity contribution in [1.82, 2.24) is 15.0 Å². The Morgan fingerprint density at radius 3 is 2.88 bits per heavy atom. The van der Waals surface area contributed by atoms with Crippen molar-refractivity contribution >= 4 is 33.3 Å². The smallest absolute Gasteiger partial charge is 0.242 e. The Balaban J connectivity index is 0.00000208. The van der Waals surface area contributed by atoms with Crippen molar-refractivity contribution in [1.29, 1.82) is 0 Å². The maximum Gasteiger partial charge on any atom is 0.242 e. The molecule has 0 saturated carbocycles. The van der Waals surface area contributed by atoms with E-state index in [1.165, 1.54) is 6.20 Å². The fourth-order valence-electron chi connectivity index (χ4n) is 2.98. The Bertz CT molecular complexity index is 792. The third kappa shape index (κ3) is 4.04. The van der Waals surface area contributed by atoms with Gasteiger partial charge in [0, 0.05) is 25.2 Å². The molecule has 2 N–H and O–H groups in total. The van der Waals surface area contributed by atoms with E-state index >= 15 is 0 Å². The molecule has 1 saturated heterocycles. The highest BCUT2D eigenvalue weighted by atomic mass is 35.5. The zero-order valence-corrected chi connectivity index (χ0v) is 15.1. The van der Waals surface area contributed by atoms with Gasteiger partial charge in [-0.25, -0.2) is 13.1 Å². The molecule has 1 aliphatic heterocycles. The summed E-state index contributed by atoms with van der Waals surface area (Å²) in [5.41, 5.74) is 0.450. The number of ether oxygens (including phenoxy) is 1. The highest BCUT2D eigenvalue weighted by Crippen LogP contribution is 2.21. The summed E-state index contributed by atoms with van der Waals surface area (Å²) in [6, 6.07) is 9.10. The van der Waals surface area contributed by atoms with E-state index in [9.17, 15) is 8.42 Å². The zero-order chi connectivity index (χ0) is 16.3. The molecule has 6 nitrogen and oxygen atoms in total. The average molecular weight is 372 g/mol. The lowest BCUT2D eigenvalue weighted by atomic mass is 9.99. The van der Waals surface area contributed by atoms with E-state index in [-0.39, 0.29) is 22.8 Å². The van der Waals surface area contributed by atoms with Crippen LogP contribution in [0.1, 0.15) is 12.8 Å². The molecule has 2 aromatic rings. The van der Waals surface area contributed by atoms with Crippen LogP contribution < -0.4 is 10.0 Å². The number of para-hydroxylation sites is 1. The Labute approximate surface area is 148 Å². The average Bonchev–Trinajstić information content (AvgIpc) is 3.02. The van der Waals surface area contributed by atoms with E-state index in [4.69, 9.17) is 4.74 Å². The van der Waals surface area contributed by atoms with Crippen LogP contribution in [0, 0.1) is 0 Å². The minimum atomic E-state index is -3.60. The van der Waals surface area contributed by atoms with Gasteiger partial charge in [-0.3, -0.25) is 4.98 Å². The van der Waals surface area contributed by atoms with Gasteiger partial charge in [-0.05, 0) is 31.5 Å². The van der Waals surface area contributed by atoms with E-state index in [0.717, 1.165) is 30.3 Å². The van der Waals surface area contributed by atoms with Gasteiger partial charge in [-0.1, -0.05) is 18.2 Å². The van der Waals surface area contributed by atoms with Crippen LogP contribution >= 0.6 is 12.4 Å². The van der Waals surface area contributed by atoms with Crippen LogP contribution in [-0.4, -0.2) is 45.7 Å². The van der Waals surface area contributed by atoms with E-state index in [1.54, 1.807) is 13.2 Å². The highest BCUT2D eigenvalue weighted by Gasteiger charge is 2.34. The molecule has 0 aliphatic carbocycles. The van der Waals surface area contributed by atoms with Crippen LogP contribution in [0.25, 0.3) is 10.9 Å². The van der Waals surface area contributed by atoms with Gasteiger partial charge >= 0.3 is 0 Å². The summed E-state index contributed by atoms with van der Waals surface area (Å²) in [5, 5.41) is 4.16. The predicted octanol–water partition coefficient (Wildman–Crippen LogP) is 1.70. The molecule has 1 aromatic heterocycles. The van der Waals surface area contributed by atoms with Gasteiger partial charge in [-0.2, -0.15) is 0 Å². The molecule has 1 fully saturated rings. The summed E-state index contributed by atoms with van der Waals surface area (Å²) in [5.74, 6) is 0. The quantitative estimate of drug-likeness (QED) is 0.807. The Morgan fingerprint density at radius 1 is 1.38 bits per heavy atom. The lowest BCUT2D eigenvalue weighted by Crippen LogP contribution is -2.52. The maximum absolute atomic E-state index is 12.6. The summed E-state index contributed by atoms with van der Waals surface area (Å²) < 4.78 is 33.1. The molecule has 1 aliphatic rings. The van der Waals surface area contributed by atoms with Crippen LogP contribution in [0.2, 0.25) is 0 Å². The first-order valence-electron chi connectivity index (χ1n) is 7.63. The second-order valence-electron chi connectivity index (χ2n) is 5.93. The molecule has 8 heteroatoms. The van der Waals surface area contributed by atoms with Crippen molar-refractivity contribution in [2.45, 2.75) is 23.3 Å². The topological polar surface area (TPSA) is 80.3 Å². The molecule has 1 atom stereocenters. The number of pyridine rings is 1. The standard InChI is InChI=1S/C16H21N3O3S.ClH/c1-22-12-16(7-4-8-18-16)11-19-23(20,21)14-9-13-5-2-3-6-15(13)17-10-14;/h2-3,5-6,9-10,18-19H,4,7-8,11-12H2,1H3;1H. The van der Waals surface area contributed by atoms with Crippen LogP contribution in [0.4, 0.5) is 0 Å². The van der Waals surface area contributed by atoms with E-state index in [2.05, 4.69) is 15.0 Å². The fraction of sp³-hybridized carbons (Fsp3) is 0.438. The van der Waals surface area contributed by atoms with E-state index in [0.29, 0.717) is 13.2 Å². The highest BCUT2D eigenvalue weighted by molar-refractivity contribution is 7.89. The minimum Gasteiger partial charge on any atom is -0.383 e. The lowest BCUT2D eigenvalue weighted by Gasteiger charge is -2.28. The molecule has 0 radical (unpaired) electrons. The van der Waals surface area contributed by atoms with Crippen molar-refractivity contribution in [3.05, 3.63) is 36.5 Å². The number of sulfonamides is 1. The second kappa shape index (κ2) is 7.76. The molecular weight excluding hydrogens is 350 g/mol. The van der Waals surface area contributed by atoms with Gasteiger partial charge in [0.15, 0.2) is 0 Å². The van der Waals surface area contributed by atoms with E-state index in [1.807, 2.05) is 24.3 Å². The SMILES string of the molecule is COCC1(CNS(=O)(=O)c2cnc3ccccc3c2)CCCN1.Cl. The first-order valence-corrected chi connectivity index (χ1v) is 9.11. The van der Waals surface area contributed by atoms with Gasteiger partial charge in [-0.15, -0.1) is 12.4 Å². The Morgan fingerprint density at radius 2 is 2.17 bits per heavy atom. The number of benzene rings is 1. The second-order valence-corrected chi connectivity index (χ2v) is 7.70. The largest absolute Gasteiger partial charge is 0.383 e. The number of methoxy groups -OCH3 is 1. The predicted molar refractivity (Wildman–Crippen MR) is 96.0 cm³/mol. The van der Waals surface area contributed by atoms with Crippen molar-refractivity contribution in [2.75, 3.05) is 26.8 Å². The maximum atomic E-state index is 12.6. The third-order valence-corrected chi connectivity index (χ3v) is 5.60. The van der Waals surface area contributed by atoms with Crippen molar-refractivity contribution in [2.24, 2.45) is 0 Å². The molecule has 2 heterocycles. The number of hydrogen-bond acceptors (Lipinski definition) is 5. The van der Waals surface area contributed by atoms with Gasteiger partial charge in [0.25, 0.3) is 0 Å². The molecule has 1 aromatic carbocycles. The number of fused-ring (bicyclic) bond motifs is 1. The van der Waals surface area contributed by atoms with Crippen LogP contribution in [-0.2, 0) is 14.8 Å². The summed E-state index contributed by atoms with van der Waals surface area (Å²) in [6.07, 6.45) is 3.30. The minimum absolute atomic E-state index is 0. The molecule has 3 rings (SSSR count). The van der Waals surface area contributed by atoms with Crippen LogP contribution in [0.5, 0.6) is 0 Å². The van der Waals surface area contributed by atoms with Crippen molar-refractivity contribution in [3.63, 3.8) is 0 Å². The fourth-order valence-corrected chi connectivity index (χ4v) is 4.09. The molecule has 0 bridgehead atoms. The molecule has 1 unspecified atom stereocenters. The Hall–Kier alpha value is -1.25. The van der Waals surface area contributed by atoms with Crippen molar-refractivity contribution < 1.29 is 13.2 Å². The normalized spacial score (nSPS) is 20.9. The summed E-state index contributed by atoms with van der Waals surface area (Å²) in [7, 11) is -1.98. The lowest BCUT2D eigenvalue weighted by molar-refractivity contribution is 0.122. The first-order chi connectivity index (χ1) is 11.0. The van der Waals surface area contributed by atoms with Gasteiger partial charge in [0.1, 0.15) is 4.90 Å². The first kappa shape index (κ1) is 19.1. The number of hydrogen-bond donors (Lipinski definition) is 2. The summed E-state index contributed by atoms with van der Waals surface area (Å²) in [6.45, 7) is 1.66. The number of aromatic nitrogens is 1. The number of nitrogens with one attached hydrogen (secondary N) is 2. The number of rotatable bonds is 6. The molecular formula is C16H22ClN3O3S. The molecule has 132 valence electrons. The zero-order valence-electron chi connectivity index (χ0n) is 13.5. The summed E-state index contributed by atoms with van der Waals surface area (Å²) in [4.78, 5) is 4.40. The molecule has 0 amide bonds.